The normalized spacial score (nSPS) is 16.0. The van der Waals surface area contributed by atoms with Gasteiger partial charge in [-0.05, 0) is 25.1 Å². The summed E-state index contributed by atoms with van der Waals surface area (Å²) in [6, 6.07) is 7.45. The summed E-state index contributed by atoms with van der Waals surface area (Å²) in [6.45, 7) is 9.34. The summed E-state index contributed by atoms with van der Waals surface area (Å²) in [5, 5.41) is 7.39. The molecule has 1 aromatic heterocycles. The minimum atomic E-state index is -0.197. The zero-order chi connectivity index (χ0) is 17.2. The molecule has 6 nitrogen and oxygen atoms in total. The molecule has 2 heterocycles. The lowest BCUT2D eigenvalue weighted by molar-refractivity contribution is 0.0767. The van der Waals surface area contributed by atoms with E-state index in [2.05, 4.69) is 15.5 Å². The van der Waals surface area contributed by atoms with Crippen LogP contribution in [0.3, 0.4) is 0 Å². The predicted molar refractivity (Wildman–Crippen MR) is 91.8 cm³/mol. The summed E-state index contributed by atoms with van der Waals surface area (Å²) in [6.07, 6.45) is 0.961. The number of hydrogen-bond acceptors (Lipinski definition) is 5. The van der Waals surface area contributed by atoms with Crippen LogP contribution in [0.2, 0.25) is 0 Å². The smallest absolute Gasteiger partial charge is 0.258 e. The molecule has 3 rings (SSSR count). The van der Waals surface area contributed by atoms with Crippen molar-refractivity contribution in [3.8, 4) is 11.5 Å². The van der Waals surface area contributed by atoms with Crippen molar-refractivity contribution in [3.63, 3.8) is 0 Å². The summed E-state index contributed by atoms with van der Waals surface area (Å²) in [4.78, 5) is 19.3. The lowest BCUT2D eigenvalue weighted by Crippen LogP contribution is -2.34. The molecule has 0 radical (unpaired) electrons. The van der Waals surface area contributed by atoms with Crippen LogP contribution in [0.25, 0.3) is 11.5 Å². The summed E-state index contributed by atoms with van der Waals surface area (Å²) in [5.74, 6) is 1.06. The van der Waals surface area contributed by atoms with Crippen molar-refractivity contribution in [3.05, 3.63) is 35.7 Å². The zero-order valence-electron chi connectivity index (χ0n) is 14.5. The molecule has 1 N–H and O–H groups in total. The van der Waals surface area contributed by atoms with Gasteiger partial charge in [0.15, 0.2) is 5.82 Å². The number of nitrogens with zero attached hydrogens (tertiary/aromatic N) is 3. The number of rotatable bonds is 2. The van der Waals surface area contributed by atoms with Crippen LogP contribution in [-0.4, -0.2) is 47.1 Å². The van der Waals surface area contributed by atoms with Crippen LogP contribution >= 0.6 is 0 Å². The second kappa shape index (κ2) is 6.73. The van der Waals surface area contributed by atoms with Gasteiger partial charge in [0.2, 0.25) is 0 Å². The van der Waals surface area contributed by atoms with Crippen LogP contribution in [0.1, 0.15) is 43.4 Å². The average Bonchev–Trinajstić information content (AvgIpc) is 2.91. The van der Waals surface area contributed by atoms with Gasteiger partial charge < -0.3 is 14.7 Å². The Balaban J connectivity index is 1.93. The molecule has 2 aromatic rings. The zero-order valence-corrected chi connectivity index (χ0v) is 14.5. The molecule has 1 aliphatic heterocycles. The molecule has 0 aliphatic carbocycles. The molecule has 0 spiro atoms. The molecule has 24 heavy (non-hydrogen) atoms. The van der Waals surface area contributed by atoms with E-state index in [4.69, 9.17) is 4.52 Å². The highest BCUT2D eigenvalue weighted by Gasteiger charge is 2.25. The van der Waals surface area contributed by atoms with Gasteiger partial charge in [0.25, 0.3) is 11.8 Å². The lowest BCUT2D eigenvalue weighted by Gasteiger charge is -2.20. The Hall–Kier alpha value is -2.21. The molecule has 0 bridgehead atoms. The third-order valence-electron chi connectivity index (χ3n) is 4.11. The molecule has 1 aliphatic rings. The van der Waals surface area contributed by atoms with E-state index in [9.17, 15) is 4.79 Å². The lowest BCUT2D eigenvalue weighted by atomic mass is 9.96. The number of aromatic nitrogens is 2. The van der Waals surface area contributed by atoms with Crippen LogP contribution < -0.4 is 5.32 Å². The van der Waals surface area contributed by atoms with Crippen molar-refractivity contribution >= 4 is 5.91 Å². The maximum atomic E-state index is 13.0. The number of carbonyl (C=O) groups is 1. The quantitative estimate of drug-likeness (QED) is 0.917. The first-order valence-electron chi connectivity index (χ1n) is 8.40. The van der Waals surface area contributed by atoms with Crippen LogP contribution in [-0.2, 0) is 5.41 Å². The van der Waals surface area contributed by atoms with E-state index in [-0.39, 0.29) is 11.3 Å². The van der Waals surface area contributed by atoms with Gasteiger partial charge >= 0.3 is 0 Å². The standard InChI is InChI=1S/C18H24N4O2/c1-18(2,3)17-20-15(24-21-17)13-7-4-5-8-14(13)16(23)22-11-6-9-19-10-12-22/h4-5,7-8,19H,6,9-12H2,1-3H3. The van der Waals surface area contributed by atoms with Crippen molar-refractivity contribution in [2.45, 2.75) is 32.6 Å². The molecule has 0 atom stereocenters. The molecular formula is C18H24N4O2. The molecule has 1 saturated heterocycles. The van der Waals surface area contributed by atoms with Crippen molar-refractivity contribution < 1.29 is 9.32 Å². The average molecular weight is 328 g/mol. The first-order valence-corrected chi connectivity index (χ1v) is 8.40. The molecular weight excluding hydrogens is 304 g/mol. The summed E-state index contributed by atoms with van der Waals surface area (Å²) < 4.78 is 5.44. The topological polar surface area (TPSA) is 71.3 Å². The summed E-state index contributed by atoms with van der Waals surface area (Å²) in [5.41, 5.74) is 1.11. The van der Waals surface area contributed by atoms with Gasteiger partial charge in [-0.3, -0.25) is 4.79 Å². The van der Waals surface area contributed by atoms with E-state index < -0.39 is 0 Å². The highest BCUT2D eigenvalue weighted by molar-refractivity contribution is 6.00. The van der Waals surface area contributed by atoms with E-state index >= 15 is 0 Å². The Kier molecular flexibility index (Phi) is 4.66. The van der Waals surface area contributed by atoms with Gasteiger partial charge in [-0.15, -0.1) is 0 Å². The van der Waals surface area contributed by atoms with Gasteiger partial charge in [0.1, 0.15) is 0 Å². The number of hydrogen-bond donors (Lipinski definition) is 1. The fourth-order valence-corrected chi connectivity index (χ4v) is 2.71. The molecule has 1 fully saturated rings. The minimum Gasteiger partial charge on any atom is -0.337 e. The maximum absolute atomic E-state index is 13.0. The number of amides is 1. The highest BCUT2D eigenvalue weighted by Crippen LogP contribution is 2.27. The molecule has 128 valence electrons. The summed E-state index contributed by atoms with van der Waals surface area (Å²) in [7, 11) is 0. The first kappa shape index (κ1) is 16.6. The molecule has 0 unspecified atom stereocenters. The van der Waals surface area contributed by atoms with E-state index in [1.807, 2.05) is 49.9 Å². The van der Waals surface area contributed by atoms with Crippen LogP contribution in [0.15, 0.2) is 28.8 Å². The number of carbonyl (C=O) groups excluding carboxylic acids is 1. The van der Waals surface area contributed by atoms with Gasteiger partial charge in [0, 0.05) is 25.0 Å². The van der Waals surface area contributed by atoms with E-state index in [1.165, 1.54) is 0 Å². The fraction of sp³-hybridized carbons (Fsp3) is 0.500. The van der Waals surface area contributed by atoms with Gasteiger partial charge in [-0.2, -0.15) is 4.98 Å². The predicted octanol–water partition coefficient (Wildman–Crippen LogP) is 2.47. The Morgan fingerprint density at radius 1 is 1.21 bits per heavy atom. The minimum absolute atomic E-state index is 0.0183. The van der Waals surface area contributed by atoms with E-state index in [0.717, 1.165) is 26.1 Å². The van der Waals surface area contributed by atoms with Crippen molar-refractivity contribution in [2.24, 2.45) is 0 Å². The fourth-order valence-electron chi connectivity index (χ4n) is 2.71. The molecule has 0 saturated carbocycles. The Bertz CT molecular complexity index is 710. The SMILES string of the molecule is CC(C)(C)c1noc(-c2ccccc2C(=O)N2CCCNCC2)n1. The Morgan fingerprint density at radius 3 is 2.75 bits per heavy atom. The molecule has 6 heteroatoms. The highest BCUT2D eigenvalue weighted by atomic mass is 16.5. The Morgan fingerprint density at radius 2 is 2.00 bits per heavy atom. The first-order chi connectivity index (χ1) is 11.5. The molecule has 1 amide bonds. The monoisotopic (exact) mass is 328 g/mol. The van der Waals surface area contributed by atoms with E-state index in [1.54, 1.807) is 0 Å². The number of benzene rings is 1. The van der Waals surface area contributed by atoms with Crippen molar-refractivity contribution in [2.75, 3.05) is 26.2 Å². The Labute approximate surface area is 142 Å². The second-order valence-corrected chi connectivity index (χ2v) is 7.11. The molecule has 1 aromatic carbocycles. The van der Waals surface area contributed by atoms with Gasteiger partial charge in [0.05, 0.1) is 11.1 Å². The third kappa shape index (κ3) is 3.48. The second-order valence-electron chi connectivity index (χ2n) is 7.11. The van der Waals surface area contributed by atoms with Crippen LogP contribution in [0.5, 0.6) is 0 Å². The van der Waals surface area contributed by atoms with Crippen molar-refractivity contribution in [1.82, 2.24) is 20.4 Å². The largest absolute Gasteiger partial charge is 0.337 e. The van der Waals surface area contributed by atoms with Crippen molar-refractivity contribution in [1.29, 1.82) is 0 Å². The third-order valence-corrected chi connectivity index (χ3v) is 4.11. The number of nitrogens with one attached hydrogen (secondary N) is 1. The van der Waals surface area contributed by atoms with E-state index in [0.29, 0.717) is 29.4 Å². The van der Waals surface area contributed by atoms with Gasteiger partial charge in [-0.1, -0.05) is 38.1 Å². The van der Waals surface area contributed by atoms with Gasteiger partial charge in [-0.25, -0.2) is 0 Å². The maximum Gasteiger partial charge on any atom is 0.258 e. The summed E-state index contributed by atoms with van der Waals surface area (Å²) >= 11 is 0. The van der Waals surface area contributed by atoms with Crippen LogP contribution in [0.4, 0.5) is 0 Å². The van der Waals surface area contributed by atoms with Crippen LogP contribution in [0, 0.1) is 0 Å².